The molecule has 0 saturated heterocycles. The smallest absolute Gasteiger partial charge is 0.329 e. The van der Waals surface area contributed by atoms with Gasteiger partial charge in [-0.2, -0.15) is 13.2 Å². The van der Waals surface area contributed by atoms with E-state index in [9.17, 15) is 13.2 Å². The van der Waals surface area contributed by atoms with Crippen LogP contribution in [0.4, 0.5) is 13.2 Å². The molecule has 16 heavy (non-hydrogen) atoms. The van der Waals surface area contributed by atoms with Gasteiger partial charge in [-0.3, -0.25) is 9.88 Å². The first-order valence-corrected chi connectivity index (χ1v) is 4.90. The zero-order valence-electron chi connectivity index (χ0n) is 8.74. The van der Waals surface area contributed by atoms with Crippen molar-refractivity contribution in [1.29, 1.82) is 0 Å². The van der Waals surface area contributed by atoms with Crippen LogP contribution in [0, 0.1) is 0 Å². The molecule has 1 aromatic rings. The number of halogens is 3. The molecule has 6 heteroatoms. The Labute approximate surface area is 92.1 Å². The minimum absolute atomic E-state index is 0.164. The Hall–Kier alpha value is -1.14. The molecule has 0 aliphatic heterocycles. The van der Waals surface area contributed by atoms with Gasteiger partial charge >= 0.3 is 6.18 Å². The first-order valence-electron chi connectivity index (χ1n) is 4.90. The lowest BCUT2D eigenvalue weighted by Crippen LogP contribution is -2.37. The lowest BCUT2D eigenvalue weighted by Gasteiger charge is -2.22. The van der Waals surface area contributed by atoms with E-state index in [4.69, 9.17) is 5.73 Å². The van der Waals surface area contributed by atoms with Crippen LogP contribution in [-0.4, -0.2) is 35.7 Å². The average molecular weight is 233 g/mol. The normalized spacial score (nSPS) is 12.1. The molecule has 90 valence electrons. The molecular weight excluding hydrogens is 219 g/mol. The fraction of sp³-hybridized carbons (Fsp3) is 0.500. The highest BCUT2D eigenvalue weighted by Gasteiger charge is 2.30. The third-order valence-corrected chi connectivity index (χ3v) is 1.96. The number of nitrogens with zero attached hydrogens (tertiary/aromatic N) is 2. The predicted molar refractivity (Wildman–Crippen MR) is 54.6 cm³/mol. The second-order valence-corrected chi connectivity index (χ2v) is 3.44. The van der Waals surface area contributed by atoms with Gasteiger partial charge in [0.05, 0.1) is 12.2 Å². The third-order valence-electron chi connectivity index (χ3n) is 1.96. The molecule has 0 radical (unpaired) electrons. The summed E-state index contributed by atoms with van der Waals surface area (Å²) in [5, 5.41) is 0. The van der Waals surface area contributed by atoms with Gasteiger partial charge in [0.2, 0.25) is 0 Å². The lowest BCUT2D eigenvalue weighted by molar-refractivity contribution is -0.146. The summed E-state index contributed by atoms with van der Waals surface area (Å²) in [4.78, 5) is 5.22. The van der Waals surface area contributed by atoms with Crippen molar-refractivity contribution < 1.29 is 13.2 Å². The second-order valence-electron chi connectivity index (χ2n) is 3.44. The SMILES string of the molecule is NCCN(Cc1ccccn1)CC(F)(F)F. The van der Waals surface area contributed by atoms with Crippen LogP contribution in [0.3, 0.4) is 0 Å². The van der Waals surface area contributed by atoms with E-state index >= 15 is 0 Å². The van der Waals surface area contributed by atoms with Crippen molar-refractivity contribution in [3.05, 3.63) is 30.1 Å². The van der Waals surface area contributed by atoms with Crippen molar-refractivity contribution >= 4 is 0 Å². The highest BCUT2D eigenvalue weighted by atomic mass is 19.4. The van der Waals surface area contributed by atoms with Gasteiger partial charge in [-0.05, 0) is 12.1 Å². The summed E-state index contributed by atoms with van der Waals surface area (Å²) < 4.78 is 36.7. The van der Waals surface area contributed by atoms with Gasteiger partial charge < -0.3 is 5.73 Å². The summed E-state index contributed by atoms with van der Waals surface area (Å²) in [6.07, 6.45) is -2.65. The third kappa shape index (κ3) is 5.09. The minimum atomic E-state index is -4.20. The Morgan fingerprint density at radius 2 is 2.06 bits per heavy atom. The van der Waals surface area contributed by atoms with E-state index in [2.05, 4.69) is 4.98 Å². The Bertz CT molecular complexity index is 300. The topological polar surface area (TPSA) is 42.1 Å². The maximum atomic E-state index is 12.2. The second kappa shape index (κ2) is 5.81. The van der Waals surface area contributed by atoms with Crippen molar-refractivity contribution in [1.82, 2.24) is 9.88 Å². The van der Waals surface area contributed by atoms with E-state index in [0.29, 0.717) is 5.69 Å². The van der Waals surface area contributed by atoms with Crippen LogP contribution in [0.5, 0.6) is 0 Å². The van der Waals surface area contributed by atoms with Crippen LogP contribution in [0.2, 0.25) is 0 Å². The van der Waals surface area contributed by atoms with Crippen LogP contribution in [-0.2, 0) is 6.54 Å². The Kier molecular flexibility index (Phi) is 4.70. The van der Waals surface area contributed by atoms with Gasteiger partial charge in [0.1, 0.15) is 0 Å². The minimum Gasteiger partial charge on any atom is -0.329 e. The maximum Gasteiger partial charge on any atom is 0.401 e. The quantitative estimate of drug-likeness (QED) is 0.836. The van der Waals surface area contributed by atoms with Crippen molar-refractivity contribution in [3.63, 3.8) is 0 Å². The lowest BCUT2D eigenvalue weighted by atomic mass is 10.3. The molecule has 0 aliphatic carbocycles. The van der Waals surface area contributed by atoms with Crippen LogP contribution in [0.15, 0.2) is 24.4 Å². The number of hydrogen-bond donors (Lipinski definition) is 1. The van der Waals surface area contributed by atoms with E-state index < -0.39 is 12.7 Å². The van der Waals surface area contributed by atoms with Crippen molar-refractivity contribution in [3.8, 4) is 0 Å². The zero-order valence-corrected chi connectivity index (χ0v) is 8.74. The van der Waals surface area contributed by atoms with Crippen molar-refractivity contribution in [2.75, 3.05) is 19.6 Å². The number of aromatic nitrogens is 1. The summed E-state index contributed by atoms with van der Waals surface area (Å²) in [6, 6.07) is 5.16. The van der Waals surface area contributed by atoms with Gasteiger partial charge in [-0.15, -0.1) is 0 Å². The molecule has 1 rings (SSSR count). The molecule has 3 nitrogen and oxygen atoms in total. The molecule has 0 aliphatic rings. The Morgan fingerprint density at radius 1 is 1.31 bits per heavy atom. The molecule has 2 N–H and O–H groups in total. The van der Waals surface area contributed by atoms with Crippen LogP contribution >= 0.6 is 0 Å². The maximum absolute atomic E-state index is 12.2. The van der Waals surface area contributed by atoms with Crippen LogP contribution in [0.1, 0.15) is 5.69 Å². The predicted octanol–water partition coefficient (Wildman–Crippen LogP) is 1.40. The van der Waals surface area contributed by atoms with E-state index in [1.165, 1.54) is 4.90 Å². The van der Waals surface area contributed by atoms with Crippen LogP contribution < -0.4 is 5.73 Å². The number of rotatable bonds is 5. The average Bonchev–Trinajstić information content (AvgIpc) is 2.17. The number of pyridine rings is 1. The fourth-order valence-electron chi connectivity index (χ4n) is 1.37. The number of hydrogen-bond acceptors (Lipinski definition) is 3. The van der Waals surface area contributed by atoms with Gasteiger partial charge in [0.15, 0.2) is 0 Å². The Morgan fingerprint density at radius 3 is 2.56 bits per heavy atom. The molecule has 0 aromatic carbocycles. The molecule has 0 fully saturated rings. The largest absolute Gasteiger partial charge is 0.401 e. The molecule has 1 heterocycles. The molecule has 0 amide bonds. The van der Waals surface area contributed by atoms with E-state index in [-0.39, 0.29) is 19.6 Å². The highest BCUT2D eigenvalue weighted by molar-refractivity contribution is 5.03. The van der Waals surface area contributed by atoms with Crippen molar-refractivity contribution in [2.24, 2.45) is 5.73 Å². The van der Waals surface area contributed by atoms with Crippen molar-refractivity contribution in [2.45, 2.75) is 12.7 Å². The number of alkyl halides is 3. The summed E-state index contributed by atoms with van der Waals surface area (Å²) >= 11 is 0. The summed E-state index contributed by atoms with van der Waals surface area (Å²) in [5.74, 6) is 0. The van der Waals surface area contributed by atoms with Crippen LogP contribution in [0.25, 0.3) is 0 Å². The van der Waals surface area contributed by atoms with Gasteiger partial charge in [0, 0.05) is 25.8 Å². The molecule has 0 spiro atoms. The summed E-state index contributed by atoms with van der Waals surface area (Å²) in [6.45, 7) is -0.392. The molecular formula is C10H14F3N3. The van der Waals surface area contributed by atoms with E-state index in [0.717, 1.165) is 0 Å². The standard InChI is InChI=1S/C10H14F3N3/c11-10(12,13)8-16(6-4-14)7-9-3-1-2-5-15-9/h1-3,5H,4,6-8,14H2. The van der Waals surface area contributed by atoms with E-state index in [1.54, 1.807) is 24.4 Å². The Balaban J connectivity index is 2.58. The van der Waals surface area contributed by atoms with Gasteiger partial charge in [-0.1, -0.05) is 6.07 Å². The summed E-state index contributed by atoms with van der Waals surface area (Å²) in [5.41, 5.74) is 5.88. The van der Waals surface area contributed by atoms with Gasteiger partial charge in [-0.25, -0.2) is 0 Å². The summed E-state index contributed by atoms with van der Waals surface area (Å²) in [7, 11) is 0. The first-order chi connectivity index (χ1) is 7.51. The van der Waals surface area contributed by atoms with E-state index in [1.807, 2.05) is 0 Å². The van der Waals surface area contributed by atoms with Gasteiger partial charge in [0.25, 0.3) is 0 Å². The fourth-order valence-corrected chi connectivity index (χ4v) is 1.37. The molecule has 0 bridgehead atoms. The number of nitrogens with two attached hydrogens (primary N) is 1. The zero-order chi connectivity index (χ0) is 12.0. The molecule has 0 saturated carbocycles. The molecule has 1 aromatic heterocycles. The molecule has 0 unspecified atom stereocenters. The first kappa shape index (κ1) is 12.9. The highest BCUT2D eigenvalue weighted by Crippen LogP contribution is 2.17. The molecule has 0 atom stereocenters. The monoisotopic (exact) mass is 233 g/mol.